The summed E-state index contributed by atoms with van der Waals surface area (Å²) in [7, 11) is 0. The standard InChI is InChI=1S/C23H31N3O3/c1-3-26(4-2)20-7-6-19(21(27)14-20)16-25-11-9-24(10-12-25)15-18-5-8-22-23(13-18)29-17-28-22/h5-8,13-14,27H,3-4,9-12,15-17H2,1-2H3. The monoisotopic (exact) mass is 397 g/mol. The molecule has 0 spiro atoms. The van der Waals surface area contributed by atoms with Crippen LogP contribution < -0.4 is 14.4 Å². The minimum atomic E-state index is 0.320. The smallest absolute Gasteiger partial charge is 0.231 e. The largest absolute Gasteiger partial charge is 0.508 e. The Bertz CT molecular complexity index is 830. The number of phenolic OH excluding ortho intramolecular Hbond substituents is 1. The summed E-state index contributed by atoms with van der Waals surface area (Å²) in [5.41, 5.74) is 3.35. The Balaban J connectivity index is 1.30. The molecule has 0 atom stereocenters. The summed E-state index contributed by atoms with van der Waals surface area (Å²) in [4.78, 5) is 7.14. The van der Waals surface area contributed by atoms with Crippen molar-refractivity contribution in [3.8, 4) is 17.2 Å². The number of phenols is 1. The van der Waals surface area contributed by atoms with Crippen LogP contribution in [0.5, 0.6) is 17.2 Å². The van der Waals surface area contributed by atoms with Crippen molar-refractivity contribution in [2.75, 3.05) is 51.0 Å². The number of nitrogens with zero attached hydrogens (tertiary/aromatic N) is 3. The fourth-order valence-corrected chi connectivity index (χ4v) is 4.12. The predicted octanol–water partition coefficient (Wildman–Crippen LogP) is 3.28. The van der Waals surface area contributed by atoms with E-state index < -0.39 is 0 Å². The van der Waals surface area contributed by atoms with Crippen molar-refractivity contribution in [1.82, 2.24) is 9.80 Å². The summed E-state index contributed by atoms with van der Waals surface area (Å²) in [6.45, 7) is 12.2. The third-order valence-electron chi connectivity index (χ3n) is 5.90. The first-order chi connectivity index (χ1) is 14.2. The van der Waals surface area contributed by atoms with Crippen LogP contribution in [0.2, 0.25) is 0 Å². The number of fused-ring (bicyclic) bond motifs is 1. The maximum absolute atomic E-state index is 10.5. The Morgan fingerprint density at radius 3 is 2.24 bits per heavy atom. The fraction of sp³-hybridized carbons (Fsp3) is 0.478. The highest BCUT2D eigenvalue weighted by molar-refractivity contribution is 5.53. The molecular formula is C23H31N3O3. The quantitative estimate of drug-likeness (QED) is 0.774. The van der Waals surface area contributed by atoms with Gasteiger partial charge in [-0.3, -0.25) is 9.80 Å². The van der Waals surface area contributed by atoms with Gasteiger partial charge in [0.2, 0.25) is 6.79 Å². The van der Waals surface area contributed by atoms with Crippen LogP contribution in [0.1, 0.15) is 25.0 Å². The average molecular weight is 398 g/mol. The van der Waals surface area contributed by atoms with Crippen LogP contribution in [0, 0.1) is 0 Å². The van der Waals surface area contributed by atoms with E-state index in [-0.39, 0.29) is 0 Å². The molecule has 2 aliphatic heterocycles. The van der Waals surface area contributed by atoms with Gasteiger partial charge in [0.05, 0.1) is 0 Å². The minimum Gasteiger partial charge on any atom is -0.508 e. The SMILES string of the molecule is CCN(CC)c1ccc(CN2CCN(Cc3ccc4c(c3)OCO4)CC2)c(O)c1. The van der Waals surface area contributed by atoms with Gasteiger partial charge in [-0.25, -0.2) is 0 Å². The number of ether oxygens (including phenoxy) is 2. The zero-order valence-corrected chi connectivity index (χ0v) is 17.4. The lowest BCUT2D eigenvalue weighted by atomic mass is 10.1. The van der Waals surface area contributed by atoms with Crippen molar-refractivity contribution in [2.24, 2.45) is 0 Å². The van der Waals surface area contributed by atoms with E-state index in [1.807, 2.05) is 12.1 Å². The number of hydrogen-bond acceptors (Lipinski definition) is 6. The summed E-state index contributed by atoms with van der Waals surface area (Å²) in [6, 6.07) is 12.3. The van der Waals surface area contributed by atoms with Crippen LogP contribution >= 0.6 is 0 Å². The lowest BCUT2D eigenvalue weighted by Gasteiger charge is -2.35. The Labute approximate surface area is 173 Å². The van der Waals surface area contributed by atoms with Gasteiger partial charge in [0, 0.05) is 69.7 Å². The third kappa shape index (κ3) is 4.60. The van der Waals surface area contributed by atoms with E-state index in [0.29, 0.717) is 12.5 Å². The molecule has 0 bridgehead atoms. The number of piperazine rings is 1. The molecule has 6 heteroatoms. The van der Waals surface area contributed by atoms with Crippen molar-refractivity contribution in [2.45, 2.75) is 26.9 Å². The maximum Gasteiger partial charge on any atom is 0.231 e. The summed E-state index contributed by atoms with van der Waals surface area (Å²) in [5.74, 6) is 2.09. The van der Waals surface area contributed by atoms with Gasteiger partial charge in [-0.05, 0) is 37.6 Å². The number of anilines is 1. The summed E-state index contributed by atoms with van der Waals surface area (Å²) in [6.07, 6.45) is 0. The molecule has 4 rings (SSSR count). The van der Waals surface area contributed by atoms with E-state index in [2.05, 4.69) is 52.8 Å². The molecule has 156 valence electrons. The second kappa shape index (κ2) is 8.93. The number of aromatic hydroxyl groups is 1. The van der Waals surface area contributed by atoms with Gasteiger partial charge in [-0.2, -0.15) is 0 Å². The molecule has 1 saturated heterocycles. The number of rotatable bonds is 7. The van der Waals surface area contributed by atoms with Crippen LogP contribution in [0.3, 0.4) is 0 Å². The second-order valence-corrected chi connectivity index (χ2v) is 7.73. The van der Waals surface area contributed by atoms with E-state index in [1.165, 1.54) is 5.56 Å². The minimum absolute atomic E-state index is 0.320. The molecule has 6 nitrogen and oxygen atoms in total. The Morgan fingerprint density at radius 2 is 1.55 bits per heavy atom. The van der Waals surface area contributed by atoms with E-state index >= 15 is 0 Å². The molecule has 0 saturated carbocycles. The van der Waals surface area contributed by atoms with E-state index in [1.54, 1.807) is 0 Å². The lowest BCUT2D eigenvalue weighted by Crippen LogP contribution is -2.45. The van der Waals surface area contributed by atoms with Crippen molar-refractivity contribution in [3.63, 3.8) is 0 Å². The van der Waals surface area contributed by atoms with Gasteiger partial charge in [-0.15, -0.1) is 0 Å². The molecule has 0 amide bonds. The summed E-state index contributed by atoms with van der Waals surface area (Å²) < 4.78 is 10.9. The van der Waals surface area contributed by atoms with Crippen molar-refractivity contribution in [1.29, 1.82) is 0 Å². The van der Waals surface area contributed by atoms with E-state index in [0.717, 1.165) is 75.1 Å². The van der Waals surface area contributed by atoms with E-state index in [4.69, 9.17) is 9.47 Å². The highest BCUT2D eigenvalue weighted by Gasteiger charge is 2.20. The van der Waals surface area contributed by atoms with Crippen LogP contribution in [-0.4, -0.2) is 61.0 Å². The maximum atomic E-state index is 10.5. The zero-order chi connectivity index (χ0) is 20.2. The second-order valence-electron chi connectivity index (χ2n) is 7.73. The van der Waals surface area contributed by atoms with E-state index in [9.17, 15) is 5.11 Å². The molecule has 2 aliphatic rings. The molecule has 0 radical (unpaired) electrons. The molecular weight excluding hydrogens is 366 g/mol. The molecule has 0 aromatic heterocycles. The van der Waals surface area contributed by atoms with Crippen molar-refractivity contribution >= 4 is 5.69 Å². The molecule has 1 fully saturated rings. The van der Waals surface area contributed by atoms with Crippen LogP contribution in [0.4, 0.5) is 5.69 Å². The Hall–Kier alpha value is -2.44. The first-order valence-electron chi connectivity index (χ1n) is 10.6. The van der Waals surface area contributed by atoms with Gasteiger partial charge >= 0.3 is 0 Å². The molecule has 1 N–H and O–H groups in total. The predicted molar refractivity (Wildman–Crippen MR) is 115 cm³/mol. The molecule has 0 unspecified atom stereocenters. The molecule has 0 aliphatic carbocycles. The van der Waals surface area contributed by atoms with Gasteiger partial charge in [0.15, 0.2) is 11.5 Å². The summed E-state index contributed by atoms with van der Waals surface area (Å²) in [5, 5.41) is 10.5. The van der Waals surface area contributed by atoms with Crippen LogP contribution in [-0.2, 0) is 13.1 Å². The van der Waals surface area contributed by atoms with Crippen LogP contribution in [0.25, 0.3) is 0 Å². The van der Waals surface area contributed by atoms with Crippen molar-refractivity contribution in [3.05, 3.63) is 47.5 Å². The highest BCUT2D eigenvalue weighted by atomic mass is 16.7. The number of benzene rings is 2. The van der Waals surface area contributed by atoms with Crippen molar-refractivity contribution < 1.29 is 14.6 Å². The lowest BCUT2D eigenvalue weighted by molar-refractivity contribution is 0.121. The molecule has 2 heterocycles. The highest BCUT2D eigenvalue weighted by Crippen LogP contribution is 2.33. The first-order valence-corrected chi connectivity index (χ1v) is 10.6. The third-order valence-corrected chi connectivity index (χ3v) is 5.90. The topological polar surface area (TPSA) is 48.4 Å². The normalized spacial score (nSPS) is 16.9. The Kier molecular flexibility index (Phi) is 6.11. The molecule has 2 aromatic rings. The fourth-order valence-electron chi connectivity index (χ4n) is 4.12. The molecule has 29 heavy (non-hydrogen) atoms. The van der Waals surface area contributed by atoms with Gasteiger partial charge in [0.25, 0.3) is 0 Å². The average Bonchev–Trinajstić information content (AvgIpc) is 3.20. The summed E-state index contributed by atoms with van der Waals surface area (Å²) >= 11 is 0. The number of hydrogen-bond donors (Lipinski definition) is 1. The Morgan fingerprint density at radius 1 is 0.862 bits per heavy atom. The first kappa shape index (κ1) is 19.9. The van der Waals surface area contributed by atoms with Gasteiger partial charge in [-0.1, -0.05) is 12.1 Å². The van der Waals surface area contributed by atoms with Gasteiger partial charge < -0.3 is 19.5 Å². The van der Waals surface area contributed by atoms with Gasteiger partial charge in [0.1, 0.15) is 5.75 Å². The zero-order valence-electron chi connectivity index (χ0n) is 17.4. The molecule has 2 aromatic carbocycles. The van der Waals surface area contributed by atoms with Crippen LogP contribution in [0.15, 0.2) is 36.4 Å².